The lowest BCUT2D eigenvalue weighted by Crippen LogP contribution is -2.31. The van der Waals surface area contributed by atoms with E-state index in [-0.39, 0.29) is 19.0 Å². The first-order chi connectivity index (χ1) is 11.2. The van der Waals surface area contributed by atoms with E-state index in [0.717, 1.165) is 18.5 Å². The van der Waals surface area contributed by atoms with Crippen LogP contribution < -0.4 is 0 Å². The maximum absolute atomic E-state index is 12.3. The average molecular weight is 313 g/mol. The molecule has 0 aliphatic carbocycles. The summed E-state index contributed by atoms with van der Waals surface area (Å²) in [4.78, 5) is 14.3. The zero-order valence-electron chi connectivity index (χ0n) is 13.2. The van der Waals surface area contributed by atoms with Gasteiger partial charge in [-0.2, -0.15) is 0 Å². The SMILES string of the molecule is O=C(c1ccccc1)c1ccc(CCN(CCO)CCO)cc1. The van der Waals surface area contributed by atoms with Gasteiger partial charge >= 0.3 is 0 Å². The third-order valence-corrected chi connectivity index (χ3v) is 3.80. The summed E-state index contributed by atoms with van der Waals surface area (Å²) >= 11 is 0. The molecule has 23 heavy (non-hydrogen) atoms. The Hall–Kier alpha value is -2.01. The molecule has 2 rings (SSSR count). The molecule has 0 saturated heterocycles. The largest absolute Gasteiger partial charge is 0.395 e. The van der Waals surface area contributed by atoms with Crippen LogP contribution in [-0.4, -0.2) is 53.7 Å². The molecule has 122 valence electrons. The molecule has 2 N–H and O–H groups in total. The number of aliphatic hydroxyl groups excluding tert-OH is 2. The van der Waals surface area contributed by atoms with E-state index in [4.69, 9.17) is 10.2 Å². The number of aliphatic hydroxyl groups is 2. The van der Waals surface area contributed by atoms with Crippen LogP contribution in [0.1, 0.15) is 21.5 Å². The molecule has 0 radical (unpaired) electrons. The van der Waals surface area contributed by atoms with E-state index in [1.165, 1.54) is 0 Å². The Kier molecular flexibility index (Phi) is 6.94. The minimum Gasteiger partial charge on any atom is -0.395 e. The second-order valence-corrected chi connectivity index (χ2v) is 5.43. The third-order valence-electron chi connectivity index (χ3n) is 3.80. The smallest absolute Gasteiger partial charge is 0.193 e. The van der Waals surface area contributed by atoms with Crippen LogP contribution in [0.25, 0.3) is 0 Å². The maximum Gasteiger partial charge on any atom is 0.193 e. The quantitative estimate of drug-likeness (QED) is 0.692. The zero-order chi connectivity index (χ0) is 16.5. The molecule has 0 aliphatic heterocycles. The van der Waals surface area contributed by atoms with Gasteiger partial charge in [0.2, 0.25) is 0 Å². The highest BCUT2D eigenvalue weighted by Gasteiger charge is 2.09. The number of rotatable bonds is 9. The maximum atomic E-state index is 12.3. The normalized spacial score (nSPS) is 10.9. The van der Waals surface area contributed by atoms with E-state index < -0.39 is 0 Å². The van der Waals surface area contributed by atoms with Crippen molar-refractivity contribution >= 4 is 5.78 Å². The van der Waals surface area contributed by atoms with Gasteiger partial charge in [0.25, 0.3) is 0 Å². The molecule has 2 aromatic carbocycles. The minimum atomic E-state index is 0.0272. The zero-order valence-corrected chi connectivity index (χ0v) is 13.2. The first-order valence-corrected chi connectivity index (χ1v) is 7.87. The van der Waals surface area contributed by atoms with Crippen LogP contribution in [0.4, 0.5) is 0 Å². The molecule has 4 nitrogen and oxygen atoms in total. The lowest BCUT2D eigenvalue weighted by molar-refractivity contribution is 0.103. The van der Waals surface area contributed by atoms with Crippen molar-refractivity contribution in [3.63, 3.8) is 0 Å². The van der Waals surface area contributed by atoms with Crippen LogP contribution in [-0.2, 0) is 6.42 Å². The molecule has 0 aliphatic rings. The molecule has 0 atom stereocenters. The molecule has 0 saturated carbocycles. The fourth-order valence-electron chi connectivity index (χ4n) is 2.48. The summed E-state index contributed by atoms with van der Waals surface area (Å²) in [6, 6.07) is 16.9. The molecular formula is C19H23NO3. The highest BCUT2D eigenvalue weighted by atomic mass is 16.3. The van der Waals surface area contributed by atoms with Gasteiger partial charge in [-0.1, -0.05) is 54.6 Å². The van der Waals surface area contributed by atoms with Crippen LogP contribution in [0.5, 0.6) is 0 Å². The van der Waals surface area contributed by atoms with Crippen LogP contribution in [0, 0.1) is 0 Å². The highest BCUT2D eigenvalue weighted by Crippen LogP contribution is 2.11. The summed E-state index contributed by atoms with van der Waals surface area (Å²) in [7, 11) is 0. The van der Waals surface area contributed by atoms with Crippen molar-refractivity contribution in [2.24, 2.45) is 0 Å². The molecular weight excluding hydrogens is 290 g/mol. The molecule has 0 amide bonds. The van der Waals surface area contributed by atoms with Gasteiger partial charge in [0.1, 0.15) is 0 Å². The Labute approximate surface area is 137 Å². The summed E-state index contributed by atoms with van der Waals surface area (Å²) in [6.45, 7) is 2.07. The van der Waals surface area contributed by atoms with E-state index >= 15 is 0 Å². The topological polar surface area (TPSA) is 60.8 Å². The monoisotopic (exact) mass is 313 g/mol. The number of benzene rings is 2. The summed E-state index contributed by atoms with van der Waals surface area (Å²) in [5, 5.41) is 18.0. The average Bonchev–Trinajstić information content (AvgIpc) is 2.61. The predicted octanol–water partition coefficient (Wildman–Crippen LogP) is 1.75. The molecule has 2 aromatic rings. The van der Waals surface area contributed by atoms with E-state index in [2.05, 4.69) is 0 Å². The second-order valence-electron chi connectivity index (χ2n) is 5.43. The van der Waals surface area contributed by atoms with Gasteiger partial charge in [0.05, 0.1) is 13.2 Å². The van der Waals surface area contributed by atoms with E-state index in [9.17, 15) is 4.79 Å². The molecule has 0 bridgehead atoms. The molecule has 0 fully saturated rings. The number of carbonyl (C=O) groups excluding carboxylic acids is 1. The van der Waals surface area contributed by atoms with Crippen molar-refractivity contribution in [1.29, 1.82) is 0 Å². The second kappa shape index (κ2) is 9.20. The standard InChI is InChI=1S/C19H23NO3/c21-14-12-20(13-15-22)11-10-16-6-8-18(9-7-16)19(23)17-4-2-1-3-5-17/h1-9,21-22H,10-15H2. The summed E-state index contributed by atoms with van der Waals surface area (Å²) in [5.41, 5.74) is 2.51. The number of carbonyl (C=O) groups is 1. The number of hydrogen-bond acceptors (Lipinski definition) is 4. The molecule has 0 unspecified atom stereocenters. The van der Waals surface area contributed by atoms with E-state index in [0.29, 0.717) is 24.2 Å². The van der Waals surface area contributed by atoms with Crippen LogP contribution >= 0.6 is 0 Å². The number of hydrogen-bond donors (Lipinski definition) is 2. The van der Waals surface area contributed by atoms with Crippen molar-refractivity contribution in [3.05, 3.63) is 71.3 Å². The molecule has 4 heteroatoms. The van der Waals surface area contributed by atoms with Crippen molar-refractivity contribution in [2.45, 2.75) is 6.42 Å². The summed E-state index contributed by atoms with van der Waals surface area (Å²) in [6.07, 6.45) is 0.819. The summed E-state index contributed by atoms with van der Waals surface area (Å²) in [5.74, 6) is 0.0272. The fraction of sp³-hybridized carbons (Fsp3) is 0.316. The van der Waals surface area contributed by atoms with Crippen molar-refractivity contribution in [2.75, 3.05) is 32.8 Å². The fourth-order valence-corrected chi connectivity index (χ4v) is 2.48. The third kappa shape index (κ3) is 5.28. The Morgan fingerprint density at radius 2 is 1.35 bits per heavy atom. The van der Waals surface area contributed by atoms with Crippen LogP contribution in [0.2, 0.25) is 0 Å². The van der Waals surface area contributed by atoms with Crippen molar-refractivity contribution in [3.8, 4) is 0 Å². The Morgan fingerprint density at radius 1 is 0.783 bits per heavy atom. The van der Waals surface area contributed by atoms with Crippen molar-refractivity contribution in [1.82, 2.24) is 4.90 Å². The van der Waals surface area contributed by atoms with Gasteiger partial charge in [0, 0.05) is 30.8 Å². The Balaban J connectivity index is 1.95. The van der Waals surface area contributed by atoms with Crippen LogP contribution in [0.15, 0.2) is 54.6 Å². The van der Waals surface area contributed by atoms with Gasteiger partial charge in [-0.15, -0.1) is 0 Å². The lowest BCUT2D eigenvalue weighted by atomic mass is 10.0. The molecule has 0 spiro atoms. The van der Waals surface area contributed by atoms with Gasteiger partial charge < -0.3 is 10.2 Å². The van der Waals surface area contributed by atoms with Gasteiger partial charge in [-0.3, -0.25) is 9.69 Å². The lowest BCUT2D eigenvalue weighted by Gasteiger charge is -2.19. The van der Waals surface area contributed by atoms with Gasteiger partial charge in [-0.25, -0.2) is 0 Å². The van der Waals surface area contributed by atoms with Crippen LogP contribution in [0.3, 0.4) is 0 Å². The van der Waals surface area contributed by atoms with E-state index in [1.807, 2.05) is 59.5 Å². The predicted molar refractivity (Wildman–Crippen MR) is 90.6 cm³/mol. The first kappa shape index (κ1) is 17.3. The van der Waals surface area contributed by atoms with Gasteiger partial charge in [0.15, 0.2) is 5.78 Å². The number of ketones is 1. The number of nitrogens with zero attached hydrogens (tertiary/aromatic N) is 1. The minimum absolute atomic E-state index is 0.0272. The van der Waals surface area contributed by atoms with Crippen molar-refractivity contribution < 1.29 is 15.0 Å². The van der Waals surface area contributed by atoms with Gasteiger partial charge in [-0.05, 0) is 12.0 Å². The summed E-state index contributed by atoms with van der Waals surface area (Å²) < 4.78 is 0. The van der Waals surface area contributed by atoms with E-state index in [1.54, 1.807) is 0 Å². The Morgan fingerprint density at radius 3 is 1.91 bits per heavy atom. The first-order valence-electron chi connectivity index (χ1n) is 7.87. The Bertz CT molecular complexity index is 590. The highest BCUT2D eigenvalue weighted by molar-refractivity contribution is 6.08. The molecule has 0 heterocycles. The molecule has 0 aromatic heterocycles.